The Morgan fingerprint density at radius 3 is 2.76 bits per heavy atom. The minimum absolute atomic E-state index is 0.154. The van der Waals surface area contributed by atoms with E-state index in [1.165, 1.54) is 10.4 Å². The Morgan fingerprint density at radius 2 is 2.04 bits per heavy atom. The average Bonchev–Trinajstić information content (AvgIpc) is 2.80. The van der Waals surface area contributed by atoms with Crippen LogP contribution in [-0.2, 0) is 14.8 Å². The molecule has 0 saturated carbocycles. The van der Waals surface area contributed by atoms with Crippen LogP contribution in [0.5, 0.6) is 0 Å². The number of likely N-dealkylation sites (N-methyl/N-ethyl adjacent to an activating group) is 1. The predicted molar refractivity (Wildman–Crippen MR) is 96.1 cm³/mol. The number of nitrogens with zero attached hydrogens (tertiary/aromatic N) is 2. The standard InChI is InChI=1S/C17H27N3O4S/c1-14(13-24-3)18-17(21)15-6-4-7-16(12-15)25(22,23)20-9-5-8-19(2)10-11-20/h4,6-7,12,14H,5,8-11,13H2,1-3H3,(H,18,21)/t14-/m0/s1. The van der Waals surface area contributed by atoms with Gasteiger partial charge in [-0.3, -0.25) is 4.79 Å². The highest BCUT2D eigenvalue weighted by Gasteiger charge is 2.26. The van der Waals surface area contributed by atoms with Crippen molar-refractivity contribution in [2.75, 3.05) is 46.9 Å². The van der Waals surface area contributed by atoms with E-state index in [1.54, 1.807) is 25.3 Å². The quantitative estimate of drug-likeness (QED) is 0.802. The number of carbonyl (C=O) groups is 1. The van der Waals surface area contributed by atoms with Gasteiger partial charge >= 0.3 is 0 Å². The number of hydrogen-bond acceptors (Lipinski definition) is 5. The zero-order valence-electron chi connectivity index (χ0n) is 15.1. The van der Waals surface area contributed by atoms with Crippen molar-refractivity contribution in [1.29, 1.82) is 0 Å². The maximum absolute atomic E-state index is 12.9. The van der Waals surface area contributed by atoms with Gasteiger partial charge < -0.3 is 15.0 Å². The molecule has 1 N–H and O–H groups in total. The number of carbonyl (C=O) groups excluding carboxylic acids is 1. The molecule has 0 aromatic heterocycles. The number of rotatable bonds is 6. The third kappa shape index (κ3) is 5.24. The van der Waals surface area contributed by atoms with Crippen LogP contribution >= 0.6 is 0 Å². The Morgan fingerprint density at radius 1 is 1.28 bits per heavy atom. The van der Waals surface area contributed by atoms with Crippen LogP contribution in [0.4, 0.5) is 0 Å². The molecule has 2 rings (SSSR count). The van der Waals surface area contributed by atoms with Gasteiger partial charge in [-0.15, -0.1) is 0 Å². The van der Waals surface area contributed by atoms with E-state index >= 15 is 0 Å². The average molecular weight is 369 g/mol. The Hall–Kier alpha value is -1.48. The van der Waals surface area contributed by atoms with E-state index in [4.69, 9.17) is 4.74 Å². The van der Waals surface area contributed by atoms with E-state index in [2.05, 4.69) is 10.2 Å². The predicted octanol–water partition coefficient (Wildman–Crippen LogP) is 0.778. The van der Waals surface area contributed by atoms with Crippen LogP contribution in [0.3, 0.4) is 0 Å². The summed E-state index contributed by atoms with van der Waals surface area (Å²) in [6.07, 6.45) is 0.796. The van der Waals surface area contributed by atoms with Crippen molar-refractivity contribution in [3.63, 3.8) is 0 Å². The van der Waals surface area contributed by atoms with E-state index in [1.807, 2.05) is 14.0 Å². The number of sulfonamides is 1. The van der Waals surface area contributed by atoms with Gasteiger partial charge in [-0.2, -0.15) is 4.31 Å². The Kier molecular flexibility index (Phi) is 6.95. The lowest BCUT2D eigenvalue weighted by molar-refractivity contribution is 0.0905. The minimum atomic E-state index is -3.60. The third-order valence-corrected chi connectivity index (χ3v) is 6.10. The van der Waals surface area contributed by atoms with E-state index in [-0.39, 0.29) is 16.8 Å². The maximum atomic E-state index is 12.9. The van der Waals surface area contributed by atoms with Gasteiger partial charge in [0.05, 0.1) is 11.5 Å². The molecule has 0 unspecified atom stereocenters. The fourth-order valence-corrected chi connectivity index (χ4v) is 4.32. The molecule has 0 radical (unpaired) electrons. The summed E-state index contributed by atoms with van der Waals surface area (Å²) in [5.74, 6) is -0.308. The molecule has 7 nitrogen and oxygen atoms in total. The summed E-state index contributed by atoms with van der Waals surface area (Å²) in [5.41, 5.74) is 0.330. The van der Waals surface area contributed by atoms with Gasteiger partial charge in [-0.05, 0) is 45.1 Å². The molecule has 1 aromatic rings. The molecule has 8 heteroatoms. The summed E-state index contributed by atoms with van der Waals surface area (Å²) in [4.78, 5) is 14.6. The van der Waals surface area contributed by atoms with E-state index < -0.39 is 10.0 Å². The monoisotopic (exact) mass is 369 g/mol. The molecule has 1 fully saturated rings. The third-order valence-electron chi connectivity index (χ3n) is 4.21. The summed E-state index contributed by atoms with van der Waals surface area (Å²) < 4.78 is 32.3. The highest BCUT2D eigenvalue weighted by atomic mass is 32.2. The van der Waals surface area contributed by atoms with E-state index in [0.717, 1.165) is 13.0 Å². The molecule has 0 spiro atoms. The Balaban J connectivity index is 2.17. The van der Waals surface area contributed by atoms with Gasteiger partial charge in [0, 0.05) is 38.3 Å². The Bertz CT molecular complexity index is 693. The highest BCUT2D eigenvalue weighted by molar-refractivity contribution is 7.89. The number of hydrogen-bond donors (Lipinski definition) is 1. The first-order chi connectivity index (χ1) is 11.8. The van der Waals surface area contributed by atoms with Crippen molar-refractivity contribution in [2.24, 2.45) is 0 Å². The second-order valence-corrected chi connectivity index (χ2v) is 8.36. The summed E-state index contributed by atoms with van der Waals surface area (Å²) in [6.45, 7) is 4.76. The van der Waals surface area contributed by atoms with Gasteiger partial charge in [0.15, 0.2) is 0 Å². The first kappa shape index (κ1) is 19.8. The number of amides is 1. The van der Waals surface area contributed by atoms with Gasteiger partial charge in [0.25, 0.3) is 5.91 Å². The second kappa shape index (κ2) is 8.75. The van der Waals surface area contributed by atoms with E-state index in [9.17, 15) is 13.2 Å². The van der Waals surface area contributed by atoms with Crippen LogP contribution in [0.15, 0.2) is 29.2 Å². The molecule has 1 aromatic carbocycles. The molecule has 0 bridgehead atoms. The molecular formula is C17H27N3O4S. The molecule has 1 aliphatic heterocycles. The molecular weight excluding hydrogens is 342 g/mol. The largest absolute Gasteiger partial charge is 0.383 e. The van der Waals surface area contributed by atoms with Crippen LogP contribution in [0.2, 0.25) is 0 Å². The smallest absolute Gasteiger partial charge is 0.251 e. The highest BCUT2D eigenvalue weighted by Crippen LogP contribution is 2.19. The van der Waals surface area contributed by atoms with Gasteiger partial charge in [0.2, 0.25) is 10.0 Å². The van der Waals surface area contributed by atoms with Crippen LogP contribution in [-0.4, -0.2) is 76.5 Å². The molecule has 140 valence electrons. The van der Waals surface area contributed by atoms with Crippen LogP contribution < -0.4 is 5.32 Å². The topological polar surface area (TPSA) is 78.9 Å². The van der Waals surface area contributed by atoms with Gasteiger partial charge in [-0.25, -0.2) is 8.42 Å². The van der Waals surface area contributed by atoms with Crippen molar-refractivity contribution in [3.05, 3.63) is 29.8 Å². The molecule has 1 amide bonds. The zero-order chi connectivity index (χ0) is 18.4. The lowest BCUT2D eigenvalue weighted by Gasteiger charge is -2.20. The van der Waals surface area contributed by atoms with Crippen molar-refractivity contribution in [3.8, 4) is 0 Å². The molecule has 1 saturated heterocycles. The minimum Gasteiger partial charge on any atom is -0.383 e. The zero-order valence-corrected chi connectivity index (χ0v) is 15.9. The van der Waals surface area contributed by atoms with Crippen LogP contribution in [0, 0.1) is 0 Å². The summed E-state index contributed by atoms with van der Waals surface area (Å²) in [5, 5.41) is 2.79. The molecule has 0 aliphatic carbocycles. The maximum Gasteiger partial charge on any atom is 0.251 e. The summed E-state index contributed by atoms with van der Waals surface area (Å²) >= 11 is 0. The number of benzene rings is 1. The number of methoxy groups -OCH3 is 1. The van der Waals surface area contributed by atoms with Crippen molar-refractivity contribution in [2.45, 2.75) is 24.3 Å². The van der Waals surface area contributed by atoms with Crippen molar-refractivity contribution in [1.82, 2.24) is 14.5 Å². The van der Waals surface area contributed by atoms with Crippen LogP contribution in [0.25, 0.3) is 0 Å². The van der Waals surface area contributed by atoms with Gasteiger partial charge in [-0.1, -0.05) is 6.07 Å². The number of nitrogens with one attached hydrogen (secondary N) is 1. The second-order valence-electron chi connectivity index (χ2n) is 6.42. The van der Waals surface area contributed by atoms with Crippen LogP contribution in [0.1, 0.15) is 23.7 Å². The first-order valence-corrected chi connectivity index (χ1v) is 9.87. The fraction of sp³-hybridized carbons (Fsp3) is 0.588. The molecule has 1 heterocycles. The Labute approximate surface area is 150 Å². The van der Waals surface area contributed by atoms with E-state index in [0.29, 0.717) is 31.8 Å². The summed E-state index contributed by atoms with van der Waals surface area (Å²) in [7, 11) is -0.0492. The lowest BCUT2D eigenvalue weighted by Crippen LogP contribution is -2.36. The fourth-order valence-electron chi connectivity index (χ4n) is 2.81. The normalized spacial score (nSPS) is 18.5. The lowest BCUT2D eigenvalue weighted by atomic mass is 10.2. The summed E-state index contributed by atoms with van der Waals surface area (Å²) in [6, 6.07) is 6.05. The molecule has 25 heavy (non-hydrogen) atoms. The van der Waals surface area contributed by atoms with Crippen molar-refractivity contribution >= 4 is 15.9 Å². The van der Waals surface area contributed by atoms with Crippen molar-refractivity contribution < 1.29 is 17.9 Å². The molecule has 1 aliphatic rings. The first-order valence-electron chi connectivity index (χ1n) is 8.43. The van der Waals surface area contributed by atoms with Gasteiger partial charge in [0.1, 0.15) is 0 Å². The number of ether oxygens (including phenoxy) is 1. The molecule has 1 atom stereocenters. The SMILES string of the molecule is COC[C@H](C)NC(=O)c1cccc(S(=O)(=O)N2CCCN(C)CC2)c1.